The van der Waals surface area contributed by atoms with Crippen LogP contribution in [0.2, 0.25) is 0 Å². The molecule has 2 aromatic carbocycles. The van der Waals surface area contributed by atoms with Gasteiger partial charge in [0.2, 0.25) is 0 Å². The van der Waals surface area contributed by atoms with Gasteiger partial charge in [-0.15, -0.1) is 0 Å². The fourth-order valence-electron chi connectivity index (χ4n) is 3.39. The average molecular weight is 428 g/mol. The molecule has 2 heterocycles. The smallest absolute Gasteiger partial charge is 0.335 e. The van der Waals surface area contributed by atoms with Crippen molar-refractivity contribution in [3.05, 3.63) is 83.1 Å². The summed E-state index contributed by atoms with van der Waals surface area (Å²) in [6.07, 6.45) is 2.12. The van der Waals surface area contributed by atoms with Gasteiger partial charge in [-0.2, -0.15) is 0 Å². The second kappa shape index (κ2) is 8.47. The number of aryl methyl sites for hydroxylation is 1. The van der Waals surface area contributed by atoms with Gasteiger partial charge in [0.15, 0.2) is 5.78 Å². The van der Waals surface area contributed by atoms with Gasteiger partial charge >= 0.3 is 6.03 Å². The van der Waals surface area contributed by atoms with Gasteiger partial charge in [-0.25, -0.2) is 9.69 Å². The zero-order chi connectivity index (χ0) is 22.8. The van der Waals surface area contributed by atoms with Crippen molar-refractivity contribution in [3.8, 4) is 11.3 Å². The standard InChI is InChI=1S/C25H20N2O5/c1-3-16-7-9-19(10-8-16)27-24(30)21(23(29)26-25(27)31)14-20-11-12-22(32-20)18-6-4-5-17(13-18)15(2)28/h4-14H,3H2,1-2H3,(H,26,29,31)/b21-14-. The number of anilines is 1. The topological polar surface area (TPSA) is 96.7 Å². The monoisotopic (exact) mass is 428 g/mol. The molecule has 0 spiro atoms. The van der Waals surface area contributed by atoms with E-state index in [1.165, 1.54) is 13.0 Å². The number of barbiturate groups is 1. The molecule has 1 saturated heterocycles. The molecule has 1 aliphatic rings. The molecule has 0 bridgehead atoms. The van der Waals surface area contributed by atoms with E-state index in [2.05, 4.69) is 5.32 Å². The van der Waals surface area contributed by atoms with Gasteiger partial charge in [0.25, 0.3) is 11.8 Å². The highest BCUT2D eigenvalue weighted by atomic mass is 16.3. The van der Waals surface area contributed by atoms with Gasteiger partial charge in [0.1, 0.15) is 17.1 Å². The molecule has 0 unspecified atom stereocenters. The first-order chi connectivity index (χ1) is 15.4. The summed E-state index contributed by atoms with van der Waals surface area (Å²) in [4.78, 5) is 50.3. The molecule has 7 nitrogen and oxygen atoms in total. The number of ketones is 1. The van der Waals surface area contributed by atoms with Crippen molar-refractivity contribution in [2.45, 2.75) is 20.3 Å². The maximum absolute atomic E-state index is 13.0. The number of furan rings is 1. The molecule has 7 heteroatoms. The molecule has 0 atom stereocenters. The highest BCUT2D eigenvalue weighted by Crippen LogP contribution is 2.26. The number of carbonyl (C=O) groups is 4. The van der Waals surface area contributed by atoms with Crippen LogP contribution >= 0.6 is 0 Å². The van der Waals surface area contributed by atoms with Gasteiger partial charge in [-0.3, -0.25) is 19.7 Å². The molecule has 3 aromatic rings. The van der Waals surface area contributed by atoms with E-state index >= 15 is 0 Å². The van der Waals surface area contributed by atoms with E-state index in [0.29, 0.717) is 22.6 Å². The highest BCUT2D eigenvalue weighted by molar-refractivity contribution is 6.39. The minimum absolute atomic E-state index is 0.0676. The first-order valence-corrected chi connectivity index (χ1v) is 10.1. The van der Waals surface area contributed by atoms with E-state index in [4.69, 9.17) is 4.42 Å². The largest absolute Gasteiger partial charge is 0.457 e. The van der Waals surface area contributed by atoms with E-state index in [9.17, 15) is 19.2 Å². The number of imide groups is 2. The fraction of sp³-hybridized carbons (Fsp3) is 0.120. The third-order valence-electron chi connectivity index (χ3n) is 5.17. The number of nitrogens with one attached hydrogen (secondary N) is 1. The van der Waals surface area contributed by atoms with Crippen molar-refractivity contribution >= 4 is 35.4 Å². The summed E-state index contributed by atoms with van der Waals surface area (Å²) in [6, 6.07) is 16.4. The third kappa shape index (κ3) is 4.00. The lowest BCUT2D eigenvalue weighted by molar-refractivity contribution is -0.122. The van der Waals surface area contributed by atoms with Crippen molar-refractivity contribution in [2.24, 2.45) is 0 Å². The minimum Gasteiger partial charge on any atom is -0.457 e. The van der Waals surface area contributed by atoms with Gasteiger partial charge < -0.3 is 4.42 Å². The maximum Gasteiger partial charge on any atom is 0.335 e. The normalized spacial score (nSPS) is 15.2. The molecule has 1 N–H and O–H groups in total. The molecule has 4 rings (SSSR count). The van der Waals surface area contributed by atoms with Crippen LogP contribution in [0.25, 0.3) is 17.4 Å². The number of hydrogen-bond acceptors (Lipinski definition) is 5. The van der Waals surface area contributed by atoms with Crippen LogP contribution in [0.3, 0.4) is 0 Å². The van der Waals surface area contributed by atoms with Crippen LogP contribution in [0.1, 0.15) is 35.5 Å². The van der Waals surface area contributed by atoms with Crippen molar-refractivity contribution in [3.63, 3.8) is 0 Å². The lowest BCUT2D eigenvalue weighted by Gasteiger charge is -2.26. The fourth-order valence-corrected chi connectivity index (χ4v) is 3.39. The van der Waals surface area contributed by atoms with E-state index < -0.39 is 17.8 Å². The molecule has 0 radical (unpaired) electrons. The van der Waals surface area contributed by atoms with Crippen LogP contribution in [0.15, 0.2) is 70.7 Å². The first-order valence-electron chi connectivity index (χ1n) is 10.1. The Labute approximate surface area is 184 Å². The Hall–Kier alpha value is -4.26. The molecular weight excluding hydrogens is 408 g/mol. The summed E-state index contributed by atoms with van der Waals surface area (Å²) in [5.74, 6) is -0.853. The number of rotatable bonds is 5. The quantitative estimate of drug-likeness (QED) is 0.370. The van der Waals surface area contributed by atoms with E-state index in [1.54, 1.807) is 48.5 Å². The lowest BCUT2D eigenvalue weighted by atomic mass is 10.1. The summed E-state index contributed by atoms with van der Waals surface area (Å²) < 4.78 is 5.78. The molecule has 1 aromatic heterocycles. The maximum atomic E-state index is 13.0. The minimum atomic E-state index is -0.803. The second-order valence-corrected chi connectivity index (χ2v) is 7.32. The SMILES string of the molecule is CCc1ccc(N2C(=O)NC(=O)/C(=C/c3ccc(-c4cccc(C(C)=O)c4)o3)C2=O)cc1. The van der Waals surface area contributed by atoms with Crippen LogP contribution < -0.4 is 10.2 Å². The number of benzene rings is 2. The first kappa shape index (κ1) is 21.0. The summed E-state index contributed by atoms with van der Waals surface area (Å²) in [5.41, 5.74) is 2.44. The van der Waals surface area contributed by atoms with Crippen molar-refractivity contribution < 1.29 is 23.6 Å². The molecule has 0 aliphatic carbocycles. The molecule has 160 valence electrons. The van der Waals surface area contributed by atoms with E-state index in [-0.39, 0.29) is 17.1 Å². The number of nitrogens with zero attached hydrogens (tertiary/aromatic N) is 1. The Balaban J connectivity index is 1.65. The number of carbonyl (C=O) groups excluding carboxylic acids is 4. The van der Waals surface area contributed by atoms with E-state index in [0.717, 1.165) is 16.9 Å². The molecule has 0 saturated carbocycles. The molecular formula is C25H20N2O5. The van der Waals surface area contributed by atoms with Crippen molar-refractivity contribution in [2.75, 3.05) is 4.90 Å². The zero-order valence-electron chi connectivity index (χ0n) is 17.5. The van der Waals surface area contributed by atoms with Crippen LogP contribution in [0.5, 0.6) is 0 Å². The Bertz CT molecular complexity index is 1270. The van der Waals surface area contributed by atoms with Crippen LogP contribution in [0.4, 0.5) is 10.5 Å². The van der Waals surface area contributed by atoms with E-state index in [1.807, 2.05) is 19.1 Å². The molecule has 1 aliphatic heterocycles. The van der Waals surface area contributed by atoms with Crippen LogP contribution in [0, 0.1) is 0 Å². The van der Waals surface area contributed by atoms with Gasteiger partial charge in [0.05, 0.1) is 5.69 Å². The number of hydrogen-bond donors (Lipinski definition) is 1. The van der Waals surface area contributed by atoms with Crippen molar-refractivity contribution in [1.29, 1.82) is 0 Å². The Morgan fingerprint density at radius 3 is 2.47 bits per heavy atom. The van der Waals surface area contributed by atoms with Gasteiger partial charge in [-0.1, -0.05) is 37.3 Å². The third-order valence-corrected chi connectivity index (χ3v) is 5.17. The molecule has 1 fully saturated rings. The number of amides is 4. The Morgan fingerprint density at radius 2 is 1.78 bits per heavy atom. The van der Waals surface area contributed by atoms with Gasteiger partial charge in [0, 0.05) is 11.1 Å². The van der Waals surface area contributed by atoms with Gasteiger partial charge in [-0.05, 0) is 55.3 Å². The number of Topliss-reactive ketones (excluding diaryl/α,β-unsaturated/α-hetero) is 1. The average Bonchev–Trinajstić information content (AvgIpc) is 3.26. The van der Waals surface area contributed by atoms with Crippen LogP contribution in [-0.4, -0.2) is 23.6 Å². The second-order valence-electron chi connectivity index (χ2n) is 7.32. The predicted molar refractivity (Wildman–Crippen MR) is 119 cm³/mol. The van der Waals surface area contributed by atoms with Crippen molar-refractivity contribution in [1.82, 2.24) is 5.32 Å². The summed E-state index contributed by atoms with van der Waals surface area (Å²) in [7, 11) is 0. The molecule has 4 amide bonds. The summed E-state index contributed by atoms with van der Waals surface area (Å²) >= 11 is 0. The Kier molecular flexibility index (Phi) is 5.55. The number of urea groups is 1. The summed E-state index contributed by atoms with van der Waals surface area (Å²) in [6.45, 7) is 3.48. The molecule has 32 heavy (non-hydrogen) atoms. The predicted octanol–water partition coefficient (Wildman–Crippen LogP) is 4.38. The van der Waals surface area contributed by atoms with Crippen LogP contribution in [-0.2, 0) is 16.0 Å². The summed E-state index contributed by atoms with van der Waals surface area (Å²) in [5, 5.41) is 2.20. The lowest BCUT2D eigenvalue weighted by Crippen LogP contribution is -2.54. The zero-order valence-corrected chi connectivity index (χ0v) is 17.5. The highest BCUT2D eigenvalue weighted by Gasteiger charge is 2.37. The Morgan fingerprint density at radius 1 is 1.03 bits per heavy atom.